The van der Waals surface area contributed by atoms with E-state index in [1.165, 1.54) is 0 Å². The van der Waals surface area contributed by atoms with Gasteiger partial charge in [-0.3, -0.25) is 9.59 Å². The molecule has 0 fully saturated rings. The highest BCUT2D eigenvalue weighted by atomic mass is 16.5. The number of ether oxygens (including phenoxy) is 1. The smallest absolute Gasteiger partial charge is 0.313 e. The van der Waals surface area contributed by atoms with Crippen LogP contribution in [-0.2, 0) is 14.3 Å². The number of hydrogen-bond acceptors (Lipinski definition) is 4. The van der Waals surface area contributed by atoms with Crippen LogP contribution in [0.25, 0.3) is 0 Å². The Morgan fingerprint density at radius 2 is 2.08 bits per heavy atom. The molecule has 0 aliphatic heterocycles. The Balaban J connectivity index is 3.71. The molecule has 0 amide bonds. The molecule has 0 saturated carbocycles. The van der Waals surface area contributed by atoms with E-state index in [4.69, 9.17) is 10.00 Å². The van der Waals surface area contributed by atoms with Crippen molar-refractivity contribution in [2.75, 3.05) is 0 Å². The summed E-state index contributed by atoms with van der Waals surface area (Å²) in [5.41, 5.74) is 0. The average Bonchev–Trinajstić information content (AvgIpc) is 1.84. The number of Topliss-reactive ketones (excluding diaryl/α,β-unsaturated/α-hetero) is 1. The third-order valence-corrected chi connectivity index (χ3v) is 0.985. The van der Waals surface area contributed by atoms with Crippen molar-refractivity contribution in [1.29, 1.82) is 5.26 Å². The fourth-order valence-electron chi connectivity index (χ4n) is 0.616. The summed E-state index contributed by atoms with van der Waals surface area (Å²) >= 11 is 0. The number of rotatable bonds is 4. The molecule has 0 bridgehead atoms. The normalized spacial score (nSPS) is 9.17. The number of hydrogen-bond donors (Lipinski definition) is 0. The zero-order valence-electron chi connectivity index (χ0n) is 7.16. The predicted molar refractivity (Wildman–Crippen MR) is 41.1 cm³/mol. The molecule has 0 aliphatic rings. The van der Waals surface area contributed by atoms with Crippen molar-refractivity contribution in [1.82, 2.24) is 0 Å². The summed E-state index contributed by atoms with van der Waals surface area (Å²) in [6.07, 6.45) is -0.744. The molecular formula is C8H11NO3. The molecule has 0 aromatic rings. The minimum Gasteiger partial charge on any atom is -0.463 e. The van der Waals surface area contributed by atoms with E-state index < -0.39 is 11.8 Å². The van der Waals surface area contributed by atoms with Gasteiger partial charge in [0.05, 0.1) is 18.6 Å². The van der Waals surface area contributed by atoms with Crippen molar-refractivity contribution in [3.05, 3.63) is 0 Å². The first-order valence-electron chi connectivity index (χ1n) is 3.64. The Labute approximate surface area is 71.1 Å². The van der Waals surface area contributed by atoms with Gasteiger partial charge in [-0.2, -0.15) is 5.26 Å². The van der Waals surface area contributed by atoms with Crippen LogP contribution < -0.4 is 0 Å². The van der Waals surface area contributed by atoms with Gasteiger partial charge in [0.1, 0.15) is 6.42 Å². The van der Waals surface area contributed by atoms with Crippen molar-refractivity contribution in [3.8, 4) is 6.07 Å². The summed E-state index contributed by atoms with van der Waals surface area (Å²) in [7, 11) is 0. The van der Waals surface area contributed by atoms with Crippen molar-refractivity contribution < 1.29 is 14.3 Å². The molecule has 0 unspecified atom stereocenters. The van der Waals surface area contributed by atoms with E-state index >= 15 is 0 Å². The second kappa shape index (κ2) is 5.30. The fraction of sp³-hybridized carbons (Fsp3) is 0.625. The summed E-state index contributed by atoms with van der Waals surface area (Å²) in [6.45, 7) is 3.40. The zero-order chi connectivity index (χ0) is 9.56. The van der Waals surface area contributed by atoms with E-state index in [9.17, 15) is 9.59 Å². The SMILES string of the molecule is CC(C)OC(=O)CC(=O)CC#N. The number of nitrogens with zero attached hydrogens (tertiary/aromatic N) is 1. The molecule has 0 aromatic heterocycles. The van der Waals surface area contributed by atoms with Crippen LogP contribution in [0.4, 0.5) is 0 Å². The molecule has 0 aliphatic carbocycles. The van der Waals surface area contributed by atoms with Crippen LogP contribution in [-0.4, -0.2) is 17.9 Å². The van der Waals surface area contributed by atoms with Gasteiger partial charge in [0.25, 0.3) is 0 Å². The fourth-order valence-corrected chi connectivity index (χ4v) is 0.616. The standard InChI is InChI=1S/C8H11NO3/c1-6(2)12-8(11)5-7(10)3-4-9/h6H,3,5H2,1-2H3. The molecular weight excluding hydrogens is 158 g/mol. The van der Waals surface area contributed by atoms with E-state index in [2.05, 4.69) is 0 Å². The lowest BCUT2D eigenvalue weighted by Gasteiger charge is -2.05. The Hall–Kier alpha value is -1.37. The largest absolute Gasteiger partial charge is 0.463 e. The number of esters is 1. The lowest BCUT2D eigenvalue weighted by molar-refractivity contribution is -0.149. The van der Waals surface area contributed by atoms with E-state index in [0.717, 1.165) is 0 Å². The molecule has 4 heteroatoms. The Morgan fingerprint density at radius 1 is 1.50 bits per heavy atom. The minimum atomic E-state index is -0.565. The van der Waals surface area contributed by atoms with Gasteiger partial charge in [-0.15, -0.1) is 0 Å². The van der Waals surface area contributed by atoms with E-state index in [-0.39, 0.29) is 18.9 Å². The van der Waals surface area contributed by atoms with E-state index in [1.54, 1.807) is 19.9 Å². The molecule has 0 saturated heterocycles. The van der Waals surface area contributed by atoms with Crippen molar-refractivity contribution in [2.45, 2.75) is 32.8 Å². The number of nitriles is 1. The first-order chi connectivity index (χ1) is 5.56. The molecule has 0 atom stereocenters. The molecule has 4 nitrogen and oxygen atoms in total. The van der Waals surface area contributed by atoms with Crippen LogP contribution in [0.2, 0.25) is 0 Å². The van der Waals surface area contributed by atoms with Gasteiger partial charge >= 0.3 is 5.97 Å². The average molecular weight is 169 g/mol. The van der Waals surface area contributed by atoms with Gasteiger partial charge in [-0.05, 0) is 13.8 Å². The summed E-state index contributed by atoms with van der Waals surface area (Å²) in [6, 6.07) is 1.67. The minimum absolute atomic E-state index is 0.215. The first kappa shape index (κ1) is 10.6. The van der Waals surface area contributed by atoms with E-state index in [0.29, 0.717) is 0 Å². The third kappa shape index (κ3) is 5.42. The lowest BCUT2D eigenvalue weighted by atomic mass is 10.2. The summed E-state index contributed by atoms with van der Waals surface area (Å²) in [5, 5.41) is 8.11. The van der Waals surface area contributed by atoms with Gasteiger partial charge in [-0.25, -0.2) is 0 Å². The van der Waals surface area contributed by atoms with Crippen LogP contribution in [0.3, 0.4) is 0 Å². The maximum absolute atomic E-state index is 10.8. The van der Waals surface area contributed by atoms with Crippen molar-refractivity contribution in [3.63, 3.8) is 0 Å². The second-order valence-corrected chi connectivity index (χ2v) is 2.59. The Bertz CT molecular complexity index is 215. The highest BCUT2D eigenvalue weighted by Crippen LogP contribution is 1.95. The second-order valence-electron chi connectivity index (χ2n) is 2.59. The molecule has 0 heterocycles. The van der Waals surface area contributed by atoms with Gasteiger partial charge in [0, 0.05) is 0 Å². The van der Waals surface area contributed by atoms with Crippen molar-refractivity contribution >= 4 is 11.8 Å². The summed E-state index contributed by atoms with van der Waals surface area (Å²) < 4.78 is 4.70. The monoisotopic (exact) mass is 169 g/mol. The molecule has 0 N–H and O–H groups in total. The maximum atomic E-state index is 10.8. The first-order valence-corrected chi connectivity index (χ1v) is 3.64. The molecule has 12 heavy (non-hydrogen) atoms. The summed E-state index contributed by atoms with van der Waals surface area (Å²) in [4.78, 5) is 21.5. The Morgan fingerprint density at radius 3 is 2.50 bits per heavy atom. The molecule has 0 spiro atoms. The van der Waals surface area contributed by atoms with Crippen LogP contribution in [0.15, 0.2) is 0 Å². The van der Waals surface area contributed by atoms with Crippen molar-refractivity contribution in [2.24, 2.45) is 0 Å². The van der Waals surface area contributed by atoms with Crippen LogP contribution in [0.1, 0.15) is 26.7 Å². The molecule has 0 radical (unpaired) electrons. The Kier molecular flexibility index (Phi) is 4.70. The highest BCUT2D eigenvalue weighted by Gasteiger charge is 2.11. The molecule has 0 rings (SSSR count). The van der Waals surface area contributed by atoms with Gasteiger partial charge in [0.2, 0.25) is 0 Å². The number of carbonyl (C=O) groups is 2. The van der Waals surface area contributed by atoms with Crippen LogP contribution in [0.5, 0.6) is 0 Å². The topological polar surface area (TPSA) is 67.2 Å². The third-order valence-electron chi connectivity index (χ3n) is 0.985. The van der Waals surface area contributed by atoms with E-state index in [1.807, 2.05) is 0 Å². The summed E-state index contributed by atoms with van der Waals surface area (Å²) in [5.74, 6) is -0.964. The van der Waals surface area contributed by atoms with Gasteiger partial charge in [-0.1, -0.05) is 0 Å². The predicted octanol–water partition coefficient (Wildman–Crippen LogP) is 0.811. The van der Waals surface area contributed by atoms with Gasteiger partial charge in [0.15, 0.2) is 5.78 Å². The number of ketones is 1. The lowest BCUT2D eigenvalue weighted by Crippen LogP contribution is -2.15. The zero-order valence-corrected chi connectivity index (χ0v) is 7.16. The number of carbonyl (C=O) groups excluding carboxylic acids is 2. The molecule has 0 aromatic carbocycles. The van der Waals surface area contributed by atoms with Gasteiger partial charge < -0.3 is 4.74 Å². The highest BCUT2D eigenvalue weighted by molar-refractivity contribution is 5.96. The van der Waals surface area contributed by atoms with Crippen LogP contribution in [0, 0.1) is 11.3 Å². The maximum Gasteiger partial charge on any atom is 0.313 e. The quantitative estimate of drug-likeness (QED) is 0.461. The van der Waals surface area contributed by atoms with Crippen LogP contribution >= 0.6 is 0 Å². The molecule has 66 valence electrons.